The van der Waals surface area contributed by atoms with Crippen LogP contribution in [0.1, 0.15) is 17.7 Å². The molecule has 21 heavy (non-hydrogen) atoms. The molecule has 0 aliphatic heterocycles. The minimum absolute atomic E-state index is 0.146. The molecule has 1 aromatic carbocycles. The van der Waals surface area contributed by atoms with Gasteiger partial charge < -0.3 is 21.0 Å². The van der Waals surface area contributed by atoms with Crippen LogP contribution < -0.4 is 5.32 Å². The quantitative estimate of drug-likeness (QED) is 0.569. The Labute approximate surface area is 120 Å². The van der Waals surface area contributed by atoms with Crippen molar-refractivity contribution in [2.24, 2.45) is 5.16 Å². The zero-order chi connectivity index (χ0) is 14.8. The van der Waals surface area contributed by atoms with Gasteiger partial charge in [-0.3, -0.25) is 0 Å². The van der Waals surface area contributed by atoms with E-state index >= 15 is 0 Å². The third kappa shape index (κ3) is 2.53. The number of anilines is 2. The van der Waals surface area contributed by atoms with Crippen LogP contribution in [0.5, 0.6) is 5.75 Å². The molecule has 0 saturated heterocycles. The second kappa shape index (κ2) is 5.20. The highest BCUT2D eigenvalue weighted by Gasteiger charge is 2.25. The van der Waals surface area contributed by atoms with E-state index in [0.29, 0.717) is 35.9 Å². The molecule has 0 bridgehead atoms. The highest BCUT2D eigenvalue weighted by molar-refractivity contribution is 6.47. The number of fused-ring (bicyclic) bond motifs is 1. The van der Waals surface area contributed by atoms with Crippen LogP contribution in [-0.4, -0.2) is 31.7 Å². The van der Waals surface area contributed by atoms with Gasteiger partial charge in [-0.25, -0.2) is 9.97 Å². The van der Waals surface area contributed by atoms with Crippen molar-refractivity contribution in [2.75, 3.05) is 5.32 Å². The van der Waals surface area contributed by atoms with Gasteiger partial charge in [0.1, 0.15) is 11.4 Å². The lowest BCUT2D eigenvalue weighted by atomic mass is 9.94. The van der Waals surface area contributed by atoms with Crippen LogP contribution in [0, 0.1) is 5.41 Å². The van der Waals surface area contributed by atoms with Crippen molar-refractivity contribution in [2.45, 2.75) is 12.8 Å². The summed E-state index contributed by atoms with van der Waals surface area (Å²) in [7, 11) is 0. The number of aryl methyl sites for hydroxylation is 1. The first-order valence-electron chi connectivity index (χ1n) is 6.42. The number of hydrogen-bond donors (Lipinski definition) is 3. The molecule has 106 valence electrons. The molecule has 0 radical (unpaired) electrons. The van der Waals surface area contributed by atoms with E-state index < -0.39 is 0 Å². The second-order valence-corrected chi connectivity index (χ2v) is 4.68. The molecule has 1 aromatic heterocycles. The molecule has 1 aliphatic rings. The normalized spacial score (nSPS) is 15.8. The lowest BCUT2D eigenvalue weighted by molar-refractivity contribution is 0.320. The molecule has 1 aliphatic carbocycles. The van der Waals surface area contributed by atoms with Gasteiger partial charge in [0.15, 0.2) is 5.71 Å². The molecule has 0 fully saturated rings. The topological polar surface area (TPSA) is 117 Å². The summed E-state index contributed by atoms with van der Waals surface area (Å²) in [6.45, 7) is 0. The predicted octanol–water partition coefficient (Wildman–Crippen LogP) is 1.32. The largest absolute Gasteiger partial charge is 0.508 e. The second-order valence-electron chi connectivity index (χ2n) is 4.68. The SMILES string of the molecule is N=C1CCc2cnc(Nc3cccc(O)c3)nc2/C1=N/[OH2+]. The summed E-state index contributed by atoms with van der Waals surface area (Å²) in [5, 5.41) is 30.9. The molecule has 7 nitrogen and oxygen atoms in total. The molecule has 5 N–H and O–H groups in total. The van der Waals surface area contributed by atoms with Crippen molar-refractivity contribution in [1.29, 1.82) is 5.41 Å². The first-order chi connectivity index (χ1) is 10.2. The average Bonchev–Trinajstić information content (AvgIpc) is 2.47. The number of hydrogen-bond acceptors (Lipinski definition) is 6. The third-order valence-electron chi connectivity index (χ3n) is 3.23. The van der Waals surface area contributed by atoms with Crippen LogP contribution in [0.4, 0.5) is 11.6 Å². The standard InChI is InChI=1S/C14H13N5O2/c15-11-5-4-8-7-16-14(18-12(8)13(11)19-21)17-9-2-1-3-10(20)6-9/h1-3,6-7,15,20-21H,4-5H2,(H,16,17,18)/p+1/b15-11?,19-13+. The fraction of sp³-hybridized carbons (Fsp3) is 0.143. The Morgan fingerprint density at radius 1 is 1.33 bits per heavy atom. The van der Waals surface area contributed by atoms with Crippen LogP contribution in [0.3, 0.4) is 0 Å². The van der Waals surface area contributed by atoms with Crippen molar-refractivity contribution in [3.63, 3.8) is 0 Å². The van der Waals surface area contributed by atoms with Crippen LogP contribution in [0.2, 0.25) is 0 Å². The summed E-state index contributed by atoms with van der Waals surface area (Å²) in [6.07, 6.45) is 2.91. The zero-order valence-corrected chi connectivity index (χ0v) is 11.1. The van der Waals surface area contributed by atoms with E-state index in [1.165, 1.54) is 0 Å². The van der Waals surface area contributed by atoms with Crippen molar-refractivity contribution in [1.82, 2.24) is 9.97 Å². The molecule has 0 saturated carbocycles. The smallest absolute Gasteiger partial charge is 0.227 e. The number of benzene rings is 1. The lowest BCUT2D eigenvalue weighted by Crippen LogP contribution is -2.25. The summed E-state index contributed by atoms with van der Waals surface area (Å²) in [5.74, 6) is 0.489. The van der Waals surface area contributed by atoms with Crippen molar-refractivity contribution < 1.29 is 10.3 Å². The first kappa shape index (κ1) is 13.0. The number of aromatic hydroxyl groups is 1. The minimum Gasteiger partial charge on any atom is -0.508 e. The van der Waals surface area contributed by atoms with Crippen LogP contribution in [0.15, 0.2) is 35.6 Å². The lowest BCUT2D eigenvalue weighted by Gasteiger charge is -2.16. The number of nitrogens with zero attached hydrogens (tertiary/aromatic N) is 3. The molecular weight excluding hydrogens is 270 g/mol. The van der Waals surface area contributed by atoms with E-state index in [9.17, 15) is 5.11 Å². The number of aromatic nitrogens is 2. The fourth-order valence-corrected chi connectivity index (χ4v) is 2.21. The van der Waals surface area contributed by atoms with Gasteiger partial charge in [-0.2, -0.15) is 0 Å². The van der Waals surface area contributed by atoms with E-state index in [1.807, 2.05) is 0 Å². The van der Waals surface area contributed by atoms with Gasteiger partial charge >= 0.3 is 0 Å². The number of phenolic OH excluding ortho intramolecular Hbond substituents is 1. The van der Waals surface area contributed by atoms with Gasteiger partial charge in [0, 0.05) is 18.0 Å². The van der Waals surface area contributed by atoms with Crippen molar-refractivity contribution >= 4 is 23.1 Å². The Morgan fingerprint density at radius 3 is 2.95 bits per heavy atom. The summed E-state index contributed by atoms with van der Waals surface area (Å²) in [6, 6.07) is 6.63. The van der Waals surface area contributed by atoms with Gasteiger partial charge in [0.05, 0.1) is 10.9 Å². The number of rotatable bonds is 2. The number of nitrogens with one attached hydrogen (secondary N) is 2. The fourth-order valence-electron chi connectivity index (χ4n) is 2.21. The number of phenols is 1. The maximum absolute atomic E-state index is 9.45. The molecule has 0 spiro atoms. The minimum atomic E-state index is 0.146. The molecular formula is C14H14N5O2+. The third-order valence-corrected chi connectivity index (χ3v) is 3.23. The summed E-state index contributed by atoms with van der Waals surface area (Å²) < 4.78 is 0. The van der Waals surface area contributed by atoms with E-state index in [4.69, 9.17) is 10.6 Å². The highest BCUT2D eigenvalue weighted by Crippen LogP contribution is 2.22. The van der Waals surface area contributed by atoms with Crippen molar-refractivity contribution in [3.05, 3.63) is 41.7 Å². The monoisotopic (exact) mass is 284 g/mol. The average molecular weight is 284 g/mol. The Kier molecular flexibility index (Phi) is 3.23. The van der Waals surface area contributed by atoms with Crippen molar-refractivity contribution in [3.8, 4) is 5.75 Å². The van der Waals surface area contributed by atoms with E-state index in [1.54, 1.807) is 30.5 Å². The van der Waals surface area contributed by atoms with Crippen LogP contribution >= 0.6 is 0 Å². The first-order valence-corrected chi connectivity index (χ1v) is 6.42. The maximum atomic E-state index is 9.45. The van der Waals surface area contributed by atoms with E-state index in [2.05, 4.69) is 20.4 Å². The molecule has 3 rings (SSSR count). The molecule has 1 heterocycles. The molecule has 0 unspecified atom stereocenters. The van der Waals surface area contributed by atoms with Crippen LogP contribution in [0.25, 0.3) is 0 Å². The van der Waals surface area contributed by atoms with Gasteiger partial charge in [-0.15, -0.1) is 0 Å². The van der Waals surface area contributed by atoms with Crippen LogP contribution in [-0.2, 0) is 6.42 Å². The van der Waals surface area contributed by atoms with Gasteiger partial charge in [0.2, 0.25) is 5.95 Å². The molecule has 0 atom stereocenters. The Balaban J connectivity index is 1.96. The predicted molar refractivity (Wildman–Crippen MR) is 79.6 cm³/mol. The maximum Gasteiger partial charge on any atom is 0.227 e. The highest BCUT2D eigenvalue weighted by atomic mass is 16.4. The summed E-state index contributed by atoms with van der Waals surface area (Å²) >= 11 is 0. The van der Waals surface area contributed by atoms with E-state index in [0.717, 1.165) is 5.56 Å². The zero-order valence-electron chi connectivity index (χ0n) is 11.1. The molecule has 2 aromatic rings. The Morgan fingerprint density at radius 2 is 2.19 bits per heavy atom. The molecule has 0 amide bonds. The Bertz CT molecular complexity index is 742. The Hall–Kier alpha value is -2.96. The van der Waals surface area contributed by atoms with Gasteiger partial charge in [-0.1, -0.05) is 6.07 Å². The van der Waals surface area contributed by atoms with Gasteiger partial charge in [0.25, 0.3) is 0 Å². The summed E-state index contributed by atoms with van der Waals surface area (Å²) in [5.41, 5.74) is 2.68. The molecule has 7 heteroatoms. The van der Waals surface area contributed by atoms with Gasteiger partial charge in [-0.05, 0) is 30.5 Å². The van der Waals surface area contributed by atoms with E-state index in [-0.39, 0.29) is 11.5 Å². The summed E-state index contributed by atoms with van der Waals surface area (Å²) in [4.78, 5) is 8.57.